The van der Waals surface area contributed by atoms with E-state index in [-0.39, 0.29) is 23.8 Å². The van der Waals surface area contributed by atoms with E-state index in [0.717, 1.165) is 44.9 Å². The van der Waals surface area contributed by atoms with Crippen LogP contribution < -0.4 is 5.32 Å². The molecule has 1 rings (SSSR count). The zero-order chi connectivity index (χ0) is 15.7. The Hall–Kier alpha value is -1.06. The molecular formula is C17H31NO3. The number of carboxylic acids is 1. The van der Waals surface area contributed by atoms with Gasteiger partial charge in [-0.2, -0.15) is 0 Å². The van der Waals surface area contributed by atoms with Gasteiger partial charge in [-0.1, -0.05) is 45.4 Å². The molecule has 1 atom stereocenters. The highest BCUT2D eigenvalue weighted by molar-refractivity contribution is 5.78. The van der Waals surface area contributed by atoms with Crippen LogP contribution in [0.1, 0.15) is 84.5 Å². The standard InChI is InChI=1S/C17H31NO3/c1-3-4-6-9-14(2)18-15(19)12-17(13-16(20)21)10-7-5-8-11-17/h14H,3-13H2,1-2H3,(H,18,19)(H,20,21). The molecule has 1 unspecified atom stereocenters. The van der Waals surface area contributed by atoms with Crippen LogP contribution in [0.2, 0.25) is 0 Å². The lowest BCUT2D eigenvalue weighted by Gasteiger charge is -2.35. The molecule has 4 nitrogen and oxygen atoms in total. The van der Waals surface area contributed by atoms with Crippen LogP contribution in [-0.2, 0) is 9.59 Å². The molecular weight excluding hydrogens is 266 g/mol. The minimum absolute atomic E-state index is 0.0298. The first-order chi connectivity index (χ1) is 9.97. The summed E-state index contributed by atoms with van der Waals surface area (Å²) < 4.78 is 0. The van der Waals surface area contributed by atoms with E-state index >= 15 is 0 Å². The van der Waals surface area contributed by atoms with Crippen molar-refractivity contribution in [2.45, 2.75) is 90.5 Å². The quantitative estimate of drug-likeness (QED) is 0.635. The molecule has 1 fully saturated rings. The largest absolute Gasteiger partial charge is 0.481 e. The summed E-state index contributed by atoms with van der Waals surface area (Å²) in [6.07, 6.45) is 10.0. The van der Waals surface area contributed by atoms with Crippen molar-refractivity contribution in [3.8, 4) is 0 Å². The highest BCUT2D eigenvalue weighted by Gasteiger charge is 2.36. The van der Waals surface area contributed by atoms with Crippen LogP contribution in [0.25, 0.3) is 0 Å². The van der Waals surface area contributed by atoms with E-state index in [4.69, 9.17) is 5.11 Å². The maximum atomic E-state index is 12.2. The Balaban J connectivity index is 2.46. The molecule has 0 aromatic carbocycles. The second-order valence-corrected chi connectivity index (χ2v) is 6.77. The Morgan fingerprint density at radius 2 is 1.81 bits per heavy atom. The highest BCUT2D eigenvalue weighted by atomic mass is 16.4. The number of hydrogen-bond donors (Lipinski definition) is 2. The minimum Gasteiger partial charge on any atom is -0.481 e. The van der Waals surface area contributed by atoms with Gasteiger partial charge >= 0.3 is 5.97 Å². The van der Waals surface area contributed by atoms with Gasteiger partial charge in [0.25, 0.3) is 0 Å². The fourth-order valence-electron chi connectivity index (χ4n) is 3.48. The lowest BCUT2D eigenvalue weighted by molar-refractivity contribution is -0.141. The van der Waals surface area contributed by atoms with Gasteiger partial charge in [0.05, 0.1) is 6.42 Å². The number of carbonyl (C=O) groups is 2. The van der Waals surface area contributed by atoms with Gasteiger partial charge in [-0.15, -0.1) is 0 Å². The molecule has 0 saturated heterocycles. The lowest BCUT2D eigenvalue weighted by Crippen LogP contribution is -2.38. The molecule has 2 N–H and O–H groups in total. The molecule has 0 aromatic heterocycles. The number of nitrogens with one attached hydrogen (secondary N) is 1. The Morgan fingerprint density at radius 3 is 2.38 bits per heavy atom. The van der Waals surface area contributed by atoms with Crippen molar-refractivity contribution in [2.24, 2.45) is 5.41 Å². The SMILES string of the molecule is CCCCCC(C)NC(=O)CC1(CC(=O)O)CCCCC1. The van der Waals surface area contributed by atoms with E-state index < -0.39 is 5.97 Å². The summed E-state index contributed by atoms with van der Waals surface area (Å²) in [7, 11) is 0. The van der Waals surface area contributed by atoms with Crippen LogP contribution >= 0.6 is 0 Å². The number of carbonyl (C=O) groups excluding carboxylic acids is 1. The van der Waals surface area contributed by atoms with Crippen molar-refractivity contribution >= 4 is 11.9 Å². The predicted octanol–water partition coefficient (Wildman–Crippen LogP) is 3.89. The third-order valence-corrected chi connectivity index (χ3v) is 4.62. The monoisotopic (exact) mass is 297 g/mol. The molecule has 1 amide bonds. The average molecular weight is 297 g/mol. The average Bonchev–Trinajstić information content (AvgIpc) is 2.38. The molecule has 0 aliphatic heterocycles. The van der Waals surface area contributed by atoms with Crippen LogP contribution in [0.15, 0.2) is 0 Å². The third kappa shape index (κ3) is 6.96. The Bertz CT molecular complexity index is 335. The van der Waals surface area contributed by atoms with Gasteiger partial charge in [-0.3, -0.25) is 9.59 Å². The predicted molar refractivity (Wildman–Crippen MR) is 84.1 cm³/mol. The highest BCUT2D eigenvalue weighted by Crippen LogP contribution is 2.42. The summed E-state index contributed by atoms with van der Waals surface area (Å²) in [5, 5.41) is 12.2. The van der Waals surface area contributed by atoms with Crippen molar-refractivity contribution in [1.29, 1.82) is 0 Å². The Morgan fingerprint density at radius 1 is 1.14 bits per heavy atom. The van der Waals surface area contributed by atoms with Crippen molar-refractivity contribution in [1.82, 2.24) is 5.32 Å². The van der Waals surface area contributed by atoms with E-state index in [2.05, 4.69) is 12.2 Å². The van der Waals surface area contributed by atoms with Crippen LogP contribution in [0.5, 0.6) is 0 Å². The van der Waals surface area contributed by atoms with Gasteiger partial charge in [0.15, 0.2) is 0 Å². The first-order valence-electron chi connectivity index (χ1n) is 8.48. The van der Waals surface area contributed by atoms with Crippen LogP contribution in [-0.4, -0.2) is 23.0 Å². The molecule has 1 aliphatic rings. The van der Waals surface area contributed by atoms with Gasteiger partial charge in [0, 0.05) is 12.5 Å². The van der Waals surface area contributed by atoms with Gasteiger partial charge in [-0.25, -0.2) is 0 Å². The normalized spacial score (nSPS) is 19.0. The number of hydrogen-bond acceptors (Lipinski definition) is 2. The summed E-state index contributed by atoms with van der Waals surface area (Å²) in [5.74, 6) is -0.747. The van der Waals surface area contributed by atoms with E-state index in [1.54, 1.807) is 0 Å². The van der Waals surface area contributed by atoms with Crippen molar-refractivity contribution in [2.75, 3.05) is 0 Å². The van der Waals surface area contributed by atoms with Crippen molar-refractivity contribution in [3.63, 3.8) is 0 Å². The fourth-order valence-corrected chi connectivity index (χ4v) is 3.48. The van der Waals surface area contributed by atoms with E-state index in [9.17, 15) is 9.59 Å². The molecule has 1 aliphatic carbocycles. The summed E-state index contributed by atoms with van der Waals surface area (Å²) in [4.78, 5) is 23.4. The molecule has 4 heteroatoms. The summed E-state index contributed by atoms with van der Waals surface area (Å²) in [5.41, 5.74) is -0.308. The molecule has 122 valence electrons. The first-order valence-corrected chi connectivity index (χ1v) is 8.48. The molecule has 1 saturated carbocycles. The lowest BCUT2D eigenvalue weighted by atomic mass is 9.69. The van der Waals surface area contributed by atoms with E-state index in [1.807, 2.05) is 6.92 Å². The van der Waals surface area contributed by atoms with Crippen molar-refractivity contribution in [3.05, 3.63) is 0 Å². The van der Waals surface area contributed by atoms with Crippen LogP contribution in [0.4, 0.5) is 0 Å². The third-order valence-electron chi connectivity index (χ3n) is 4.62. The number of unbranched alkanes of at least 4 members (excludes halogenated alkanes) is 2. The van der Waals surface area contributed by atoms with Crippen molar-refractivity contribution < 1.29 is 14.7 Å². The number of amides is 1. The van der Waals surface area contributed by atoms with E-state index in [0.29, 0.717) is 6.42 Å². The summed E-state index contributed by atoms with van der Waals surface area (Å²) in [6.45, 7) is 4.21. The van der Waals surface area contributed by atoms with Crippen LogP contribution in [0, 0.1) is 5.41 Å². The van der Waals surface area contributed by atoms with Gasteiger partial charge in [0.1, 0.15) is 0 Å². The zero-order valence-electron chi connectivity index (χ0n) is 13.6. The molecule has 0 spiro atoms. The summed E-state index contributed by atoms with van der Waals surface area (Å²) >= 11 is 0. The Labute approximate surface area is 128 Å². The number of carboxylic acid groups (broad SMARTS) is 1. The van der Waals surface area contributed by atoms with E-state index in [1.165, 1.54) is 12.8 Å². The number of rotatable bonds is 9. The maximum Gasteiger partial charge on any atom is 0.303 e. The molecule has 21 heavy (non-hydrogen) atoms. The Kier molecular flexibility index (Phi) is 7.76. The molecule has 0 heterocycles. The van der Waals surface area contributed by atoms with Gasteiger partial charge < -0.3 is 10.4 Å². The first kappa shape index (κ1) is 18.0. The second kappa shape index (κ2) is 9.06. The van der Waals surface area contributed by atoms with Gasteiger partial charge in [0.2, 0.25) is 5.91 Å². The molecule has 0 aromatic rings. The molecule has 0 radical (unpaired) electrons. The zero-order valence-corrected chi connectivity index (χ0v) is 13.6. The smallest absolute Gasteiger partial charge is 0.303 e. The minimum atomic E-state index is -0.777. The topological polar surface area (TPSA) is 66.4 Å². The fraction of sp³-hybridized carbons (Fsp3) is 0.882. The number of aliphatic carboxylic acids is 1. The molecule has 0 bridgehead atoms. The maximum absolute atomic E-state index is 12.2. The van der Waals surface area contributed by atoms with Gasteiger partial charge in [-0.05, 0) is 31.6 Å². The second-order valence-electron chi connectivity index (χ2n) is 6.77. The van der Waals surface area contributed by atoms with Crippen LogP contribution in [0.3, 0.4) is 0 Å². The summed E-state index contributed by atoms with van der Waals surface area (Å²) in [6, 6.07) is 0.189.